The van der Waals surface area contributed by atoms with Gasteiger partial charge in [-0.1, -0.05) is 34.9 Å². The summed E-state index contributed by atoms with van der Waals surface area (Å²) in [6.07, 6.45) is 2.93. The number of hydrogen-bond donors (Lipinski definition) is 0. The van der Waals surface area contributed by atoms with Gasteiger partial charge in [-0.25, -0.2) is 4.98 Å². The molecule has 1 aromatic heterocycles. The summed E-state index contributed by atoms with van der Waals surface area (Å²) in [7, 11) is 0. The summed E-state index contributed by atoms with van der Waals surface area (Å²) >= 11 is 11.7. The maximum absolute atomic E-state index is 12.2. The van der Waals surface area contributed by atoms with Crippen LogP contribution in [0, 0.1) is 0 Å². The van der Waals surface area contributed by atoms with Gasteiger partial charge in [0, 0.05) is 13.1 Å². The van der Waals surface area contributed by atoms with Crippen LogP contribution in [0.15, 0.2) is 23.8 Å². The Morgan fingerprint density at radius 2 is 2.18 bits per heavy atom. The Morgan fingerprint density at radius 3 is 2.82 bits per heavy atom. The van der Waals surface area contributed by atoms with Gasteiger partial charge in [0.2, 0.25) is 0 Å². The van der Waals surface area contributed by atoms with Gasteiger partial charge in [-0.05, 0) is 25.5 Å². The van der Waals surface area contributed by atoms with Crippen molar-refractivity contribution in [3.8, 4) is 0 Å². The molecule has 0 bridgehead atoms. The van der Waals surface area contributed by atoms with Gasteiger partial charge < -0.3 is 4.90 Å². The number of rotatable bonds is 1. The van der Waals surface area contributed by atoms with Crippen LogP contribution in [0.5, 0.6) is 0 Å². The summed E-state index contributed by atoms with van der Waals surface area (Å²) in [5.41, 5.74) is 1.53. The Labute approximate surface area is 110 Å². The molecule has 0 spiro atoms. The Hall–Kier alpha value is -1.06. The summed E-state index contributed by atoms with van der Waals surface area (Å²) in [5, 5.41) is 0.618. The molecule has 0 saturated heterocycles. The third-order valence-electron chi connectivity index (χ3n) is 2.74. The van der Waals surface area contributed by atoms with E-state index >= 15 is 0 Å². The molecule has 0 saturated carbocycles. The topological polar surface area (TPSA) is 33.2 Å². The first-order chi connectivity index (χ1) is 8.08. The third-order valence-corrected chi connectivity index (χ3v) is 3.25. The van der Waals surface area contributed by atoms with Gasteiger partial charge in [0.25, 0.3) is 5.91 Å². The van der Waals surface area contributed by atoms with Crippen molar-refractivity contribution in [2.24, 2.45) is 0 Å². The molecule has 0 radical (unpaired) electrons. The molecular formula is C12H12Cl2N2O. The summed E-state index contributed by atoms with van der Waals surface area (Å²) in [4.78, 5) is 17.9. The lowest BCUT2D eigenvalue weighted by Gasteiger charge is -2.25. The van der Waals surface area contributed by atoms with E-state index in [4.69, 9.17) is 23.2 Å². The molecule has 2 rings (SSSR count). The second-order valence-electron chi connectivity index (χ2n) is 4.02. The van der Waals surface area contributed by atoms with Gasteiger partial charge in [-0.2, -0.15) is 0 Å². The molecule has 1 aliphatic heterocycles. The largest absolute Gasteiger partial charge is 0.333 e. The summed E-state index contributed by atoms with van der Waals surface area (Å²) in [6, 6.07) is 3.16. The molecule has 5 heteroatoms. The summed E-state index contributed by atoms with van der Waals surface area (Å²) < 4.78 is 0. The minimum atomic E-state index is -0.166. The second kappa shape index (κ2) is 5.07. The zero-order valence-corrected chi connectivity index (χ0v) is 10.9. The van der Waals surface area contributed by atoms with Crippen molar-refractivity contribution in [1.82, 2.24) is 9.88 Å². The van der Waals surface area contributed by atoms with Gasteiger partial charge in [-0.15, -0.1) is 0 Å². The number of amides is 1. The maximum Gasteiger partial charge on any atom is 0.274 e. The van der Waals surface area contributed by atoms with E-state index in [1.807, 2.05) is 6.08 Å². The fourth-order valence-electron chi connectivity index (χ4n) is 1.67. The molecule has 0 unspecified atom stereocenters. The predicted octanol–water partition coefficient (Wildman–Crippen LogP) is 3.18. The summed E-state index contributed by atoms with van der Waals surface area (Å²) in [5.74, 6) is -0.166. The average molecular weight is 271 g/mol. The molecule has 0 N–H and O–H groups in total. The van der Waals surface area contributed by atoms with Crippen LogP contribution in [-0.4, -0.2) is 28.9 Å². The zero-order chi connectivity index (χ0) is 12.4. The highest BCUT2D eigenvalue weighted by atomic mass is 35.5. The molecule has 90 valence electrons. The minimum Gasteiger partial charge on any atom is -0.333 e. The standard InChI is InChI=1S/C12H12Cl2N2O/c1-8-4-6-16(7-5-8)12(17)11-9(13)2-3-10(14)15-11/h2-4H,5-7H2,1H3. The fourth-order valence-corrected chi connectivity index (χ4v) is 2.01. The lowest BCUT2D eigenvalue weighted by atomic mass is 10.1. The van der Waals surface area contributed by atoms with E-state index in [0.717, 1.165) is 6.42 Å². The van der Waals surface area contributed by atoms with E-state index in [-0.39, 0.29) is 16.8 Å². The van der Waals surface area contributed by atoms with Crippen LogP contribution < -0.4 is 0 Å². The van der Waals surface area contributed by atoms with Gasteiger partial charge >= 0.3 is 0 Å². The molecule has 1 aromatic rings. The predicted molar refractivity (Wildman–Crippen MR) is 68.5 cm³/mol. The molecule has 0 aliphatic carbocycles. The first-order valence-corrected chi connectivity index (χ1v) is 6.10. The Morgan fingerprint density at radius 1 is 1.41 bits per heavy atom. The highest BCUT2D eigenvalue weighted by Gasteiger charge is 2.21. The third kappa shape index (κ3) is 2.79. The molecule has 3 nitrogen and oxygen atoms in total. The molecule has 0 fully saturated rings. The van der Waals surface area contributed by atoms with Crippen molar-refractivity contribution in [3.05, 3.63) is 39.7 Å². The smallest absolute Gasteiger partial charge is 0.274 e. The lowest BCUT2D eigenvalue weighted by Crippen LogP contribution is -2.35. The van der Waals surface area contributed by atoms with Crippen LogP contribution >= 0.6 is 23.2 Å². The molecule has 1 amide bonds. The highest BCUT2D eigenvalue weighted by Crippen LogP contribution is 2.20. The number of hydrogen-bond acceptors (Lipinski definition) is 2. The van der Waals surface area contributed by atoms with Crippen LogP contribution in [0.4, 0.5) is 0 Å². The van der Waals surface area contributed by atoms with Crippen LogP contribution in [-0.2, 0) is 0 Å². The Bertz CT molecular complexity index is 485. The summed E-state index contributed by atoms with van der Waals surface area (Å²) in [6.45, 7) is 3.37. The number of halogens is 2. The quantitative estimate of drug-likeness (QED) is 0.580. The van der Waals surface area contributed by atoms with Gasteiger partial charge in [0.05, 0.1) is 5.02 Å². The molecule has 0 atom stereocenters. The van der Waals surface area contributed by atoms with Crippen molar-refractivity contribution in [2.75, 3.05) is 13.1 Å². The minimum absolute atomic E-state index is 0.166. The van der Waals surface area contributed by atoms with E-state index in [2.05, 4.69) is 11.9 Å². The Kier molecular flexibility index (Phi) is 3.69. The molecular weight excluding hydrogens is 259 g/mol. The highest BCUT2D eigenvalue weighted by molar-refractivity contribution is 6.34. The zero-order valence-electron chi connectivity index (χ0n) is 9.41. The van der Waals surface area contributed by atoms with Crippen LogP contribution in [0.3, 0.4) is 0 Å². The molecule has 17 heavy (non-hydrogen) atoms. The molecule has 1 aliphatic rings. The van der Waals surface area contributed by atoms with E-state index in [0.29, 0.717) is 18.1 Å². The van der Waals surface area contributed by atoms with Gasteiger partial charge in [-0.3, -0.25) is 4.79 Å². The van der Waals surface area contributed by atoms with E-state index in [1.165, 1.54) is 5.57 Å². The molecule has 0 aromatic carbocycles. The van der Waals surface area contributed by atoms with Crippen LogP contribution in [0.2, 0.25) is 10.2 Å². The Balaban J connectivity index is 2.23. The SMILES string of the molecule is CC1=CCN(C(=O)c2nc(Cl)ccc2Cl)CC1. The number of pyridine rings is 1. The van der Waals surface area contributed by atoms with Crippen molar-refractivity contribution < 1.29 is 4.79 Å². The normalized spacial score (nSPS) is 15.7. The van der Waals surface area contributed by atoms with Crippen LogP contribution in [0.25, 0.3) is 0 Å². The number of carbonyl (C=O) groups is 1. The number of aromatic nitrogens is 1. The van der Waals surface area contributed by atoms with Crippen molar-refractivity contribution in [3.63, 3.8) is 0 Å². The second-order valence-corrected chi connectivity index (χ2v) is 4.81. The van der Waals surface area contributed by atoms with Crippen LogP contribution in [0.1, 0.15) is 23.8 Å². The van der Waals surface area contributed by atoms with E-state index < -0.39 is 0 Å². The monoisotopic (exact) mass is 270 g/mol. The lowest BCUT2D eigenvalue weighted by molar-refractivity contribution is 0.0763. The van der Waals surface area contributed by atoms with E-state index in [9.17, 15) is 4.79 Å². The molecule has 2 heterocycles. The fraction of sp³-hybridized carbons (Fsp3) is 0.333. The number of nitrogens with zero attached hydrogens (tertiary/aromatic N) is 2. The van der Waals surface area contributed by atoms with E-state index in [1.54, 1.807) is 17.0 Å². The van der Waals surface area contributed by atoms with Crippen molar-refractivity contribution in [1.29, 1.82) is 0 Å². The van der Waals surface area contributed by atoms with Gasteiger partial charge in [0.1, 0.15) is 10.8 Å². The first-order valence-electron chi connectivity index (χ1n) is 5.35. The average Bonchev–Trinajstić information content (AvgIpc) is 2.32. The van der Waals surface area contributed by atoms with Crippen molar-refractivity contribution >= 4 is 29.1 Å². The van der Waals surface area contributed by atoms with Gasteiger partial charge in [0.15, 0.2) is 0 Å². The number of carbonyl (C=O) groups excluding carboxylic acids is 1. The maximum atomic E-state index is 12.2. The first kappa shape index (κ1) is 12.4. The van der Waals surface area contributed by atoms with Crippen molar-refractivity contribution in [2.45, 2.75) is 13.3 Å².